The summed E-state index contributed by atoms with van der Waals surface area (Å²) in [5.41, 5.74) is 1.46. The Morgan fingerprint density at radius 1 is 1.07 bits per heavy atom. The monoisotopic (exact) mass is 413 g/mol. The van der Waals surface area contributed by atoms with Gasteiger partial charge in [0.1, 0.15) is 5.75 Å². The number of rotatable bonds is 4. The summed E-state index contributed by atoms with van der Waals surface area (Å²) in [5, 5.41) is 3.43. The van der Waals surface area contributed by atoms with E-state index in [0.717, 1.165) is 38.0 Å². The Morgan fingerprint density at radius 2 is 1.86 bits per heavy atom. The number of anilines is 2. The second-order valence-electron chi connectivity index (χ2n) is 7.40. The van der Waals surface area contributed by atoms with Crippen molar-refractivity contribution in [2.45, 2.75) is 25.4 Å². The highest BCUT2D eigenvalue weighted by atomic mass is 35.5. The predicted octanol–water partition coefficient (Wildman–Crippen LogP) is 3.56. The topological polar surface area (TPSA) is 61.9 Å². The van der Waals surface area contributed by atoms with Crippen molar-refractivity contribution in [3.63, 3.8) is 0 Å². The first-order valence-corrected chi connectivity index (χ1v) is 10.3. The van der Waals surface area contributed by atoms with Crippen molar-refractivity contribution < 1.29 is 14.3 Å². The molecule has 2 heterocycles. The van der Waals surface area contributed by atoms with E-state index in [2.05, 4.69) is 5.32 Å². The molecule has 2 aliphatic rings. The van der Waals surface area contributed by atoms with Crippen LogP contribution in [0, 0.1) is 0 Å². The summed E-state index contributed by atoms with van der Waals surface area (Å²) in [6, 6.07) is 14.6. The molecule has 0 bridgehead atoms. The molecule has 2 amide bonds. The zero-order chi connectivity index (χ0) is 20.2. The van der Waals surface area contributed by atoms with Crippen molar-refractivity contribution in [2.75, 3.05) is 36.4 Å². The van der Waals surface area contributed by atoms with Crippen LogP contribution in [-0.4, -0.2) is 49.0 Å². The van der Waals surface area contributed by atoms with Crippen LogP contribution >= 0.6 is 11.6 Å². The van der Waals surface area contributed by atoms with Gasteiger partial charge in [0, 0.05) is 23.8 Å². The number of carbonyl (C=O) groups is 2. The molecule has 1 atom stereocenters. The largest absolute Gasteiger partial charge is 0.477 e. The van der Waals surface area contributed by atoms with Gasteiger partial charge in [-0.2, -0.15) is 0 Å². The van der Waals surface area contributed by atoms with Crippen molar-refractivity contribution in [2.24, 2.45) is 0 Å². The molecule has 2 aromatic rings. The molecule has 1 saturated heterocycles. The molecule has 2 aliphatic heterocycles. The molecule has 29 heavy (non-hydrogen) atoms. The lowest BCUT2D eigenvalue weighted by Crippen LogP contribution is -2.52. The second kappa shape index (κ2) is 8.74. The van der Waals surface area contributed by atoms with E-state index >= 15 is 0 Å². The molecule has 1 N–H and O–H groups in total. The molecule has 0 aromatic heterocycles. The quantitative estimate of drug-likeness (QED) is 0.832. The van der Waals surface area contributed by atoms with Gasteiger partial charge in [-0.05, 0) is 49.6 Å². The Labute approximate surface area is 175 Å². The van der Waals surface area contributed by atoms with Crippen LogP contribution in [0.15, 0.2) is 48.5 Å². The summed E-state index contributed by atoms with van der Waals surface area (Å²) in [6.07, 6.45) is 2.61. The third kappa shape index (κ3) is 4.65. The van der Waals surface area contributed by atoms with E-state index < -0.39 is 6.10 Å². The van der Waals surface area contributed by atoms with Gasteiger partial charge in [0.15, 0.2) is 6.10 Å². The first-order valence-electron chi connectivity index (χ1n) is 9.95. The standard InChI is InChI=1S/C22H24ClN3O3/c23-16-7-6-8-17(13-16)24-21(27)15-26-14-20(22(28)25-11-4-1-5-12-25)29-19-10-3-2-9-18(19)26/h2-3,6-10,13,20H,1,4-5,11-12,14-15H2,(H,24,27)/t20-/m0/s1. The average molecular weight is 414 g/mol. The summed E-state index contributed by atoms with van der Waals surface area (Å²) in [5.74, 6) is 0.456. The number of para-hydroxylation sites is 2. The van der Waals surface area contributed by atoms with Crippen molar-refractivity contribution in [1.29, 1.82) is 0 Å². The fourth-order valence-electron chi connectivity index (χ4n) is 3.84. The molecule has 4 rings (SSSR count). The highest BCUT2D eigenvalue weighted by molar-refractivity contribution is 6.30. The summed E-state index contributed by atoms with van der Waals surface area (Å²) in [7, 11) is 0. The van der Waals surface area contributed by atoms with Gasteiger partial charge in [-0.3, -0.25) is 9.59 Å². The maximum atomic E-state index is 13.0. The van der Waals surface area contributed by atoms with E-state index in [1.165, 1.54) is 0 Å². The van der Waals surface area contributed by atoms with E-state index in [0.29, 0.717) is 23.0 Å². The number of piperidine rings is 1. The van der Waals surface area contributed by atoms with Crippen LogP contribution in [0.4, 0.5) is 11.4 Å². The molecule has 152 valence electrons. The number of nitrogens with zero attached hydrogens (tertiary/aromatic N) is 2. The van der Waals surface area contributed by atoms with Gasteiger partial charge in [0.25, 0.3) is 5.91 Å². The fraction of sp³-hybridized carbons (Fsp3) is 0.364. The number of ether oxygens (including phenoxy) is 1. The summed E-state index contributed by atoms with van der Waals surface area (Å²) in [6.45, 7) is 2.01. The minimum absolute atomic E-state index is 0.000507. The van der Waals surface area contributed by atoms with Gasteiger partial charge < -0.3 is 19.9 Å². The van der Waals surface area contributed by atoms with Crippen molar-refractivity contribution >= 4 is 34.8 Å². The lowest BCUT2D eigenvalue weighted by molar-refractivity contribution is -0.139. The van der Waals surface area contributed by atoms with Crippen molar-refractivity contribution in [1.82, 2.24) is 4.90 Å². The number of likely N-dealkylation sites (tertiary alicyclic amines) is 1. The highest BCUT2D eigenvalue weighted by Crippen LogP contribution is 2.33. The van der Waals surface area contributed by atoms with Crippen molar-refractivity contribution in [3.8, 4) is 5.75 Å². The minimum atomic E-state index is -0.609. The van der Waals surface area contributed by atoms with E-state index in [1.54, 1.807) is 24.3 Å². The first-order chi connectivity index (χ1) is 14.1. The van der Waals surface area contributed by atoms with E-state index in [1.807, 2.05) is 34.1 Å². The number of carbonyl (C=O) groups excluding carboxylic acids is 2. The van der Waals surface area contributed by atoms with Crippen LogP contribution in [0.2, 0.25) is 5.02 Å². The number of hydrogen-bond acceptors (Lipinski definition) is 4. The molecular weight excluding hydrogens is 390 g/mol. The summed E-state index contributed by atoms with van der Waals surface area (Å²) < 4.78 is 6.01. The normalized spacial score (nSPS) is 18.6. The van der Waals surface area contributed by atoms with Crippen molar-refractivity contribution in [3.05, 3.63) is 53.6 Å². The fourth-order valence-corrected chi connectivity index (χ4v) is 4.03. The molecule has 7 heteroatoms. The number of fused-ring (bicyclic) bond motifs is 1. The molecule has 0 aliphatic carbocycles. The SMILES string of the molecule is O=C(CN1C[C@@H](C(=O)N2CCCCC2)Oc2ccccc21)Nc1cccc(Cl)c1. The molecular formula is C22H24ClN3O3. The van der Waals surface area contributed by atoms with Crippen LogP contribution in [0.3, 0.4) is 0 Å². The van der Waals surface area contributed by atoms with Crippen LogP contribution in [0.5, 0.6) is 5.75 Å². The Hall–Kier alpha value is -2.73. The van der Waals surface area contributed by atoms with Crippen LogP contribution in [0.1, 0.15) is 19.3 Å². The molecule has 2 aromatic carbocycles. The lowest BCUT2D eigenvalue weighted by atomic mass is 10.1. The van der Waals surface area contributed by atoms with E-state index in [4.69, 9.17) is 16.3 Å². The smallest absolute Gasteiger partial charge is 0.265 e. The zero-order valence-electron chi connectivity index (χ0n) is 16.1. The van der Waals surface area contributed by atoms with Gasteiger partial charge in [0.2, 0.25) is 5.91 Å². The molecule has 1 fully saturated rings. The molecule has 0 unspecified atom stereocenters. The van der Waals surface area contributed by atoms with Crippen LogP contribution < -0.4 is 15.0 Å². The van der Waals surface area contributed by atoms with Gasteiger partial charge >= 0.3 is 0 Å². The van der Waals surface area contributed by atoms with Gasteiger partial charge in [-0.1, -0.05) is 29.8 Å². The molecule has 0 radical (unpaired) electrons. The minimum Gasteiger partial charge on any atom is -0.477 e. The summed E-state index contributed by atoms with van der Waals surface area (Å²) in [4.78, 5) is 29.4. The van der Waals surface area contributed by atoms with Crippen LogP contribution in [-0.2, 0) is 9.59 Å². The maximum Gasteiger partial charge on any atom is 0.265 e. The predicted molar refractivity (Wildman–Crippen MR) is 114 cm³/mol. The lowest BCUT2D eigenvalue weighted by Gasteiger charge is -2.38. The Balaban J connectivity index is 1.48. The third-order valence-electron chi connectivity index (χ3n) is 5.25. The van der Waals surface area contributed by atoms with E-state index in [9.17, 15) is 9.59 Å². The second-order valence-corrected chi connectivity index (χ2v) is 7.84. The third-order valence-corrected chi connectivity index (χ3v) is 5.48. The number of amides is 2. The maximum absolute atomic E-state index is 13.0. The number of nitrogens with one attached hydrogen (secondary N) is 1. The zero-order valence-corrected chi connectivity index (χ0v) is 16.9. The number of benzene rings is 2. The average Bonchev–Trinajstić information content (AvgIpc) is 2.73. The number of hydrogen-bond donors (Lipinski definition) is 1. The van der Waals surface area contributed by atoms with Gasteiger partial charge in [-0.15, -0.1) is 0 Å². The number of halogens is 1. The Morgan fingerprint density at radius 3 is 2.66 bits per heavy atom. The van der Waals surface area contributed by atoms with Crippen LogP contribution in [0.25, 0.3) is 0 Å². The highest BCUT2D eigenvalue weighted by Gasteiger charge is 2.34. The molecule has 6 nitrogen and oxygen atoms in total. The molecule has 0 saturated carbocycles. The summed E-state index contributed by atoms with van der Waals surface area (Å²) >= 11 is 5.99. The molecule has 0 spiro atoms. The Kier molecular flexibility index (Phi) is 5.90. The van der Waals surface area contributed by atoms with Gasteiger partial charge in [-0.25, -0.2) is 0 Å². The van der Waals surface area contributed by atoms with E-state index in [-0.39, 0.29) is 18.4 Å². The van der Waals surface area contributed by atoms with Gasteiger partial charge in [0.05, 0.1) is 18.8 Å². The Bertz CT molecular complexity index is 898. The first kappa shape index (κ1) is 19.6.